The van der Waals surface area contributed by atoms with E-state index in [0.29, 0.717) is 37.2 Å². The first-order valence-corrected chi connectivity index (χ1v) is 15.3. The second-order valence-corrected chi connectivity index (χ2v) is 11.8. The molecule has 0 saturated carbocycles. The number of pyridine rings is 1. The maximum absolute atomic E-state index is 14.9. The van der Waals surface area contributed by atoms with Gasteiger partial charge in [0.2, 0.25) is 6.43 Å². The number of unbranched alkanes of at least 4 members (excludes halogenated alkanes) is 2. The molecule has 7 nitrogen and oxygen atoms in total. The minimum atomic E-state index is -2.40. The molecule has 3 heterocycles. The highest BCUT2D eigenvalue weighted by atomic mass is 19.3. The highest BCUT2D eigenvalue weighted by Gasteiger charge is 2.38. The lowest BCUT2D eigenvalue weighted by Gasteiger charge is -2.31. The van der Waals surface area contributed by atoms with Crippen LogP contribution in [-0.4, -0.2) is 78.2 Å². The number of hydrogen-bond donors (Lipinski definition) is 2. The molecule has 0 spiro atoms. The molecule has 0 amide bonds. The summed E-state index contributed by atoms with van der Waals surface area (Å²) in [5.41, 5.74) is 3.33. The highest BCUT2D eigenvalue weighted by Crippen LogP contribution is 2.37. The van der Waals surface area contributed by atoms with Crippen molar-refractivity contribution >= 4 is 11.8 Å². The number of alkyl halides is 2. The first-order valence-electron chi connectivity index (χ1n) is 15.3. The number of fused-ring (bicyclic) bond motifs is 1. The molecule has 0 radical (unpaired) electrons. The second kappa shape index (κ2) is 15.0. The number of nitrogens with one attached hydrogen (secondary N) is 1. The molecule has 0 aliphatic carbocycles. The molecule has 2 aliphatic rings. The van der Waals surface area contributed by atoms with E-state index in [1.807, 2.05) is 18.7 Å². The van der Waals surface area contributed by atoms with Gasteiger partial charge in [-0.25, -0.2) is 18.2 Å². The van der Waals surface area contributed by atoms with Crippen LogP contribution in [0.5, 0.6) is 5.75 Å². The number of aryl methyl sites for hydroxylation is 2. The van der Waals surface area contributed by atoms with E-state index in [0.717, 1.165) is 56.6 Å². The van der Waals surface area contributed by atoms with Gasteiger partial charge in [-0.15, -0.1) is 0 Å². The van der Waals surface area contributed by atoms with E-state index in [1.54, 1.807) is 6.07 Å². The molecule has 4 rings (SSSR count). The third-order valence-corrected chi connectivity index (χ3v) is 8.53. The predicted molar refractivity (Wildman–Crippen MR) is 158 cm³/mol. The van der Waals surface area contributed by atoms with E-state index in [9.17, 15) is 23.1 Å². The van der Waals surface area contributed by atoms with Crippen molar-refractivity contribution in [3.63, 3.8) is 0 Å². The summed E-state index contributed by atoms with van der Waals surface area (Å²) in [6, 6.07) is 6.24. The summed E-state index contributed by atoms with van der Waals surface area (Å²) in [6.45, 7) is 6.61. The van der Waals surface area contributed by atoms with Crippen LogP contribution in [0.4, 0.5) is 19.0 Å². The molecular formula is C32H45F3N4O3. The Morgan fingerprint density at radius 1 is 1.21 bits per heavy atom. The normalized spacial score (nSPS) is 18.0. The third kappa shape index (κ3) is 8.16. The number of halogens is 3. The minimum absolute atomic E-state index is 0.00876. The quantitative estimate of drug-likeness (QED) is 0.237. The zero-order chi connectivity index (χ0) is 30.2. The Balaban J connectivity index is 1.38. The number of aromatic nitrogens is 1. The highest BCUT2D eigenvalue weighted by molar-refractivity contribution is 5.77. The summed E-state index contributed by atoms with van der Waals surface area (Å²) in [7, 11) is 1.34. The third-order valence-electron chi connectivity index (χ3n) is 8.53. The zero-order valence-electron chi connectivity index (χ0n) is 25.1. The van der Waals surface area contributed by atoms with Crippen LogP contribution in [0.15, 0.2) is 24.3 Å². The average Bonchev–Trinajstić information content (AvgIpc) is 3.43. The SMILES string of the molecule is COc1c(F)cc(C(C)C)cc1[C@@H](C(=O)O)N1CC[C@@H](N(CCCCCc2ccc3c(n2)NCCC3)CCC(F)F)C1. The number of methoxy groups -OCH3 is 1. The second-order valence-electron chi connectivity index (χ2n) is 11.8. The van der Waals surface area contributed by atoms with E-state index in [1.165, 1.54) is 18.7 Å². The van der Waals surface area contributed by atoms with Gasteiger partial charge in [0.25, 0.3) is 0 Å². The Morgan fingerprint density at radius 2 is 2.02 bits per heavy atom. The number of nitrogens with zero attached hydrogens (tertiary/aromatic N) is 3. The number of rotatable bonds is 15. The summed E-state index contributed by atoms with van der Waals surface area (Å²) >= 11 is 0. The van der Waals surface area contributed by atoms with Gasteiger partial charge in [0, 0.05) is 49.9 Å². The lowest BCUT2D eigenvalue weighted by atomic mass is 9.95. The molecule has 1 aromatic heterocycles. The van der Waals surface area contributed by atoms with Gasteiger partial charge in [-0.3, -0.25) is 14.6 Å². The van der Waals surface area contributed by atoms with Crippen LogP contribution in [0.2, 0.25) is 0 Å². The number of likely N-dealkylation sites (tertiary alicyclic amines) is 1. The van der Waals surface area contributed by atoms with Crippen LogP contribution in [0.1, 0.15) is 86.7 Å². The van der Waals surface area contributed by atoms with Crippen LogP contribution < -0.4 is 10.1 Å². The van der Waals surface area contributed by atoms with Crippen LogP contribution in [0, 0.1) is 5.82 Å². The Labute approximate surface area is 247 Å². The average molecular weight is 591 g/mol. The van der Waals surface area contributed by atoms with E-state index < -0.39 is 24.3 Å². The van der Waals surface area contributed by atoms with Gasteiger partial charge in [-0.05, 0) is 80.3 Å². The number of anilines is 1. The first-order chi connectivity index (χ1) is 20.2. The van der Waals surface area contributed by atoms with Crippen molar-refractivity contribution in [2.75, 3.05) is 45.2 Å². The van der Waals surface area contributed by atoms with Gasteiger partial charge in [-0.2, -0.15) is 0 Å². The largest absolute Gasteiger partial charge is 0.493 e. The summed E-state index contributed by atoms with van der Waals surface area (Å²) in [5.74, 6) is -0.720. The fourth-order valence-electron chi connectivity index (χ4n) is 6.22. The number of ether oxygens (including phenoxy) is 1. The van der Waals surface area contributed by atoms with Gasteiger partial charge in [-0.1, -0.05) is 26.3 Å². The maximum Gasteiger partial charge on any atom is 0.325 e. The standard InChI is InChI=1S/C32H45F3N4O3/c1-21(2)23-18-26(30(42-3)27(33)19-23)29(32(40)41)39-16-12-25(20-39)38(17-13-28(34)35)15-6-4-5-9-24-11-10-22-8-7-14-36-31(22)37-24/h10-11,18-19,21,25,28-29H,4-9,12-17,20H2,1-3H3,(H,36,37)(H,40,41)/t25-,29+/m1/s1. The molecule has 1 aromatic carbocycles. The fourth-order valence-corrected chi connectivity index (χ4v) is 6.22. The Bertz CT molecular complexity index is 1200. The Hall–Kier alpha value is -2.85. The van der Waals surface area contributed by atoms with Crippen LogP contribution >= 0.6 is 0 Å². The van der Waals surface area contributed by atoms with Crippen molar-refractivity contribution in [3.05, 3.63) is 52.5 Å². The van der Waals surface area contributed by atoms with Gasteiger partial charge >= 0.3 is 5.97 Å². The molecule has 232 valence electrons. The molecule has 2 aliphatic heterocycles. The molecule has 1 saturated heterocycles. The number of carbonyl (C=O) groups is 1. The van der Waals surface area contributed by atoms with Crippen molar-refractivity contribution in [1.29, 1.82) is 0 Å². The topological polar surface area (TPSA) is 77.9 Å². The van der Waals surface area contributed by atoms with Crippen molar-refractivity contribution < 1.29 is 27.8 Å². The molecule has 2 atom stereocenters. The molecule has 2 aromatic rings. The fraction of sp³-hybridized carbons (Fsp3) is 0.625. The minimum Gasteiger partial charge on any atom is -0.493 e. The first kappa shape index (κ1) is 32.1. The maximum atomic E-state index is 14.9. The molecule has 1 fully saturated rings. The van der Waals surface area contributed by atoms with E-state index in [2.05, 4.69) is 22.3 Å². The molecule has 0 unspecified atom stereocenters. The summed E-state index contributed by atoms with van der Waals surface area (Å²) in [5, 5.41) is 13.6. The smallest absolute Gasteiger partial charge is 0.325 e. The Kier molecular flexibility index (Phi) is 11.5. The van der Waals surface area contributed by atoms with E-state index in [4.69, 9.17) is 9.72 Å². The summed E-state index contributed by atoms with van der Waals surface area (Å²) in [6.07, 6.45) is 3.88. The molecule has 42 heavy (non-hydrogen) atoms. The van der Waals surface area contributed by atoms with Gasteiger partial charge in [0.1, 0.15) is 11.9 Å². The van der Waals surface area contributed by atoms with Crippen molar-refractivity contribution in [1.82, 2.24) is 14.8 Å². The number of aliphatic carboxylic acids is 1. The van der Waals surface area contributed by atoms with Crippen molar-refractivity contribution in [2.45, 2.75) is 89.6 Å². The van der Waals surface area contributed by atoms with E-state index in [-0.39, 0.29) is 30.7 Å². The molecule has 2 N–H and O–H groups in total. The van der Waals surface area contributed by atoms with Gasteiger partial charge in [0.05, 0.1) is 7.11 Å². The summed E-state index contributed by atoms with van der Waals surface area (Å²) < 4.78 is 46.7. The zero-order valence-corrected chi connectivity index (χ0v) is 25.1. The van der Waals surface area contributed by atoms with Gasteiger partial charge < -0.3 is 15.2 Å². The predicted octanol–water partition coefficient (Wildman–Crippen LogP) is 6.28. The number of benzene rings is 1. The van der Waals surface area contributed by atoms with E-state index >= 15 is 0 Å². The number of hydrogen-bond acceptors (Lipinski definition) is 6. The Morgan fingerprint density at radius 3 is 2.74 bits per heavy atom. The lowest BCUT2D eigenvalue weighted by molar-refractivity contribution is -0.143. The van der Waals surface area contributed by atoms with Crippen LogP contribution in [-0.2, 0) is 17.6 Å². The van der Waals surface area contributed by atoms with Crippen LogP contribution in [0.3, 0.4) is 0 Å². The summed E-state index contributed by atoms with van der Waals surface area (Å²) in [4.78, 5) is 21.2. The number of carboxylic acid groups (broad SMARTS) is 1. The van der Waals surface area contributed by atoms with Crippen molar-refractivity contribution in [3.8, 4) is 5.75 Å². The van der Waals surface area contributed by atoms with Crippen molar-refractivity contribution in [2.24, 2.45) is 0 Å². The lowest BCUT2D eigenvalue weighted by Crippen LogP contribution is -2.41. The monoisotopic (exact) mass is 590 g/mol. The number of carboxylic acids is 1. The van der Waals surface area contributed by atoms with Crippen LogP contribution in [0.25, 0.3) is 0 Å². The molecule has 10 heteroatoms. The molecular weight excluding hydrogens is 545 g/mol. The molecule has 0 bridgehead atoms. The van der Waals surface area contributed by atoms with Gasteiger partial charge in [0.15, 0.2) is 11.6 Å².